The number of aryl methyl sites for hydroxylation is 1. The molecule has 3 aromatic rings. The number of hydrogen-bond donors (Lipinski definition) is 0. The summed E-state index contributed by atoms with van der Waals surface area (Å²) in [6, 6.07) is 3.39. The summed E-state index contributed by atoms with van der Waals surface area (Å²) in [5, 5.41) is 4.33. The third-order valence-corrected chi connectivity index (χ3v) is 4.69. The van der Waals surface area contributed by atoms with Crippen molar-refractivity contribution in [2.45, 2.75) is 18.8 Å². The standard InChI is InChI=1S/C18H19F2N7O2/c1-25-10-13(22-11-25)16-23-15(17(28)26-7-5-18(19,20)6-8-26)24-27(16)12-3-4-14(29-2)21-9-12/h3-4,9-11H,5-8H2,1-2H3. The highest BCUT2D eigenvalue weighted by atomic mass is 19.3. The highest BCUT2D eigenvalue weighted by Gasteiger charge is 2.37. The molecule has 1 fully saturated rings. The Morgan fingerprint density at radius 3 is 2.55 bits per heavy atom. The molecule has 0 radical (unpaired) electrons. The molecule has 3 aromatic heterocycles. The number of likely N-dealkylation sites (tertiary alicyclic amines) is 1. The van der Waals surface area contributed by atoms with Gasteiger partial charge >= 0.3 is 0 Å². The van der Waals surface area contributed by atoms with Gasteiger partial charge in [0.2, 0.25) is 11.7 Å². The van der Waals surface area contributed by atoms with Gasteiger partial charge in [0.05, 0.1) is 25.3 Å². The van der Waals surface area contributed by atoms with Crippen molar-refractivity contribution in [1.29, 1.82) is 0 Å². The van der Waals surface area contributed by atoms with Gasteiger partial charge in [-0.15, -0.1) is 5.10 Å². The van der Waals surface area contributed by atoms with Gasteiger partial charge in [-0.3, -0.25) is 4.79 Å². The second-order valence-electron chi connectivity index (χ2n) is 6.80. The van der Waals surface area contributed by atoms with Crippen molar-refractivity contribution in [3.63, 3.8) is 0 Å². The second-order valence-corrected chi connectivity index (χ2v) is 6.80. The van der Waals surface area contributed by atoms with Crippen LogP contribution in [0.2, 0.25) is 0 Å². The Bertz CT molecular complexity index is 1020. The first kappa shape index (κ1) is 19.0. The molecule has 1 aliphatic heterocycles. The molecule has 11 heteroatoms. The van der Waals surface area contributed by atoms with E-state index in [9.17, 15) is 13.6 Å². The molecule has 9 nitrogen and oxygen atoms in total. The third-order valence-electron chi connectivity index (χ3n) is 4.69. The maximum atomic E-state index is 13.4. The van der Waals surface area contributed by atoms with Gasteiger partial charge in [0.25, 0.3) is 11.8 Å². The maximum Gasteiger partial charge on any atom is 0.293 e. The Kier molecular flexibility index (Phi) is 4.73. The van der Waals surface area contributed by atoms with Gasteiger partial charge in [0.1, 0.15) is 5.69 Å². The molecule has 0 aliphatic carbocycles. The number of alkyl halides is 2. The normalized spacial score (nSPS) is 16.1. The van der Waals surface area contributed by atoms with E-state index in [1.54, 1.807) is 29.2 Å². The first-order valence-electron chi connectivity index (χ1n) is 8.99. The van der Waals surface area contributed by atoms with Crippen LogP contribution in [-0.4, -0.2) is 66.2 Å². The zero-order valence-electron chi connectivity index (χ0n) is 15.9. The van der Waals surface area contributed by atoms with E-state index in [0.29, 0.717) is 23.1 Å². The fourth-order valence-electron chi connectivity index (χ4n) is 3.07. The zero-order chi connectivity index (χ0) is 20.6. The van der Waals surface area contributed by atoms with Gasteiger partial charge in [0, 0.05) is 45.2 Å². The minimum absolute atomic E-state index is 0.0383. The number of piperidine rings is 1. The van der Waals surface area contributed by atoms with E-state index in [-0.39, 0.29) is 31.8 Å². The van der Waals surface area contributed by atoms with Gasteiger partial charge in [-0.1, -0.05) is 0 Å². The van der Waals surface area contributed by atoms with Crippen LogP contribution in [0.25, 0.3) is 17.2 Å². The molecular formula is C18H19F2N7O2. The molecule has 0 atom stereocenters. The number of pyridine rings is 1. The summed E-state index contributed by atoms with van der Waals surface area (Å²) in [7, 11) is 3.32. The smallest absolute Gasteiger partial charge is 0.293 e. The minimum atomic E-state index is -2.74. The number of halogens is 2. The molecule has 0 unspecified atom stereocenters. The Labute approximate surface area is 165 Å². The fraction of sp³-hybridized carbons (Fsp3) is 0.389. The van der Waals surface area contributed by atoms with Crippen molar-refractivity contribution >= 4 is 5.91 Å². The number of amides is 1. The molecule has 4 heterocycles. The van der Waals surface area contributed by atoms with Crippen molar-refractivity contribution in [3.05, 3.63) is 36.7 Å². The number of ether oxygens (including phenoxy) is 1. The maximum absolute atomic E-state index is 13.4. The fourth-order valence-corrected chi connectivity index (χ4v) is 3.07. The summed E-state index contributed by atoms with van der Waals surface area (Å²) in [5.74, 6) is -2.52. The topological polar surface area (TPSA) is 91.0 Å². The first-order chi connectivity index (χ1) is 13.9. The average molecular weight is 403 g/mol. The molecule has 0 bridgehead atoms. The first-order valence-corrected chi connectivity index (χ1v) is 8.99. The molecule has 1 saturated heterocycles. The summed E-state index contributed by atoms with van der Waals surface area (Å²) < 4.78 is 35.1. The van der Waals surface area contributed by atoms with Crippen LogP contribution in [0.15, 0.2) is 30.9 Å². The number of methoxy groups -OCH3 is 1. The van der Waals surface area contributed by atoms with Crippen LogP contribution in [0.1, 0.15) is 23.5 Å². The van der Waals surface area contributed by atoms with E-state index in [0.717, 1.165) is 0 Å². The molecule has 1 aliphatic rings. The van der Waals surface area contributed by atoms with Crippen molar-refractivity contribution < 1.29 is 18.3 Å². The molecule has 0 saturated carbocycles. The summed E-state index contributed by atoms with van der Waals surface area (Å²) in [6.45, 7) is -0.0766. The molecule has 152 valence electrons. The van der Waals surface area contributed by atoms with Gasteiger partial charge in [-0.2, -0.15) is 0 Å². The Morgan fingerprint density at radius 2 is 1.97 bits per heavy atom. The summed E-state index contributed by atoms with van der Waals surface area (Å²) in [4.78, 5) is 27.0. The van der Waals surface area contributed by atoms with Gasteiger partial charge in [-0.05, 0) is 6.07 Å². The zero-order valence-corrected chi connectivity index (χ0v) is 15.9. The van der Waals surface area contributed by atoms with E-state index in [1.165, 1.54) is 22.9 Å². The highest BCUT2D eigenvalue weighted by molar-refractivity contribution is 5.91. The Hall–Kier alpha value is -3.37. The van der Waals surface area contributed by atoms with Gasteiger partial charge in [0.15, 0.2) is 5.82 Å². The summed E-state index contributed by atoms with van der Waals surface area (Å²) in [5.41, 5.74) is 1.07. The van der Waals surface area contributed by atoms with E-state index in [1.807, 2.05) is 7.05 Å². The Balaban J connectivity index is 1.70. The van der Waals surface area contributed by atoms with Crippen molar-refractivity contribution in [3.8, 4) is 23.1 Å². The lowest BCUT2D eigenvalue weighted by Gasteiger charge is -2.30. The van der Waals surface area contributed by atoms with Crippen LogP contribution in [-0.2, 0) is 7.05 Å². The van der Waals surface area contributed by atoms with Crippen LogP contribution < -0.4 is 4.74 Å². The van der Waals surface area contributed by atoms with E-state index >= 15 is 0 Å². The number of rotatable bonds is 4. The molecule has 0 N–H and O–H groups in total. The lowest BCUT2D eigenvalue weighted by molar-refractivity contribution is -0.0496. The Morgan fingerprint density at radius 1 is 1.21 bits per heavy atom. The quantitative estimate of drug-likeness (QED) is 0.661. The van der Waals surface area contributed by atoms with Crippen LogP contribution >= 0.6 is 0 Å². The summed E-state index contributed by atoms with van der Waals surface area (Å²) >= 11 is 0. The monoisotopic (exact) mass is 403 g/mol. The largest absolute Gasteiger partial charge is 0.481 e. The number of hydrogen-bond acceptors (Lipinski definition) is 6. The van der Waals surface area contributed by atoms with Crippen molar-refractivity contribution in [1.82, 2.24) is 34.2 Å². The number of aromatic nitrogens is 6. The lowest BCUT2D eigenvalue weighted by Crippen LogP contribution is -2.43. The number of carbonyl (C=O) groups excluding carboxylic acids is 1. The van der Waals surface area contributed by atoms with Gasteiger partial charge < -0.3 is 14.2 Å². The van der Waals surface area contributed by atoms with E-state index in [4.69, 9.17) is 4.74 Å². The molecule has 1 amide bonds. The lowest BCUT2D eigenvalue weighted by atomic mass is 10.1. The molecular weight excluding hydrogens is 384 g/mol. The third kappa shape index (κ3) is 3.80. The average Bonchev–Trinajstić information content (AvgIpc) is 3.34. The van der Waals surface area contributed by atoms with E-state index < -0.39 is 11.8 Å². The predicted molar refractivity (Wildman–Crippen MR) is 98.0 cm³/mol. The number of imidazole rings is 1. The molecule has 0 spiro atoms. The van der Waals surface area contributed by atoms with Crippen LogP contribution in [0, 0.1) is 0 Å². The SMILES string of the molecule is COc1ccc(-n2nc(C(=O)N3CCC(F)(F)CC3)nc2-c2cn(C)cn2)cn1. The highest BCUT2D eigenvalue weighted by Crippen LogP contribution is 2.28. The minimum Gasteiger partial charge on any atom is -0.481 e. The van der Waals surface area contributed by atoms with E-state index in [2.05, 4.69) is 20.1 Å². The summed E-state index contributed by atoms with van der Waals surface area (Å²) in [6.07, 6.45) is 4.15. The van der Waals surface area contributed by atoms with Crippen LogP contribution in [0.4, 0.5) is 8.78 Å². The number of carbonyl (C=O) groups is 1. The van der Waals surface area contributed by atoms with Crippen molar-refractivity contribution in [2.24, 2.45) is 7.05 Å². The van der Waals surface area contributed by atoms with Crippen LogP contribution in [0.5, 0.6) is 5.88 Å². The molecule has 29 heavy (non-hydrogen) atoms. The van der Waals surface area contributed by atoms with Crippen molar-refractivity contribution in [2.75, 3.05) is 20.2 Å². The molecule has 4 rings (SSSR count). The van der Waals surface area contributed by atoms with Crippen LogP contribution in [0.3, 0.4) is 0 Å². The predicted octanol–water partition coefficient (Wildman–Crippen LogP) is 1.94. The number of nitrogens with zero attached hydrogens (tertiary/aromatic N) is 7. The second kappa shape index (κ2) is 7.22. The molecule has 0 aromatic carbocycles. The van der Waals surface area contributed by atoms with Gasteiger partial charge in [-0.25, -0.2) is 28.4 Å².